The van der Waals surface area contributed by atoms with Crippen molar-refractivity contribution in [2.45, 2.75) is 0 Å². The molecule has 0 aliphatic rings. The van der Waals surface area contributed by atoms with Gasteiger partial charge in [-0.25, -0.2) is 0 Å². The van der Waals surface area contributed by atoms with Crippen LogP contribution in [0.3, 0.4) is 0 Å². The number of hydrogen-bond donors (Lipinski definition) is 0. The van der Waals surface area contributed by atoms with E-state index in [4.69, 9.17) is 0 Å². The summed E-state index contributed by atoms with van der Waals surface area (Å²) in [5.74, 6) is 0. The molecule has 8 heteroatoms. The average Bonchev–Trinajstić information content (AvgIpc) is 1.27. The van der Waals surface area contributed by atoms with Gasteiger partial charge in [-0.3, -0.25) is 0 Å². The minimum absolute atomic E-state index is 0. The molecule has 0 fully saturated rings. The Hall–Kier alpha value is 1.65. The molecule has 2 atom stereocenters. The predicted octanol–water partition coefficient (Wildman–Crippen LogP) is -1.34. The molecular formula is BaO5P2+2. The van der Waals surface area contributed by atoms with Gasteiger partial charge in [0.1, 0.15) is 4.31 Å². The molecule has 40 valence electrons. The van der Waals surface area contributed by atoms with Gasteiger partial charge in [0.05, 0.1) is 0 Å². The van der Waals surface area contributed by atoms with Crippen LogP contribution in [-0.4, -0.2) is 48.9 Å². The molecule has 5 nitrogen and oxygen atoms in total. The van der Waals surface area contributed by atoms with Crippen LogP contribution in [0.25, 0.3) is 0 Å². The first-order chi connectivity index (χ1) is 3.13. The Morgan fingerprint density at radius 2 is 1.38 bits per heavy atom. The van der Waals surface area contributed by atoms with Crippen molar-refractivity contribution < 1.29 is 23.2 Å². The van der Waals surface area contributed by atoms with E-state index in [-0.39, 0.29) is 48.9 Å². The van der Waals surface area contributed by atoms with Crippen LogP contribution in [0, 0.1) is 0 Å². The second-order valence-corrected chi connectivity index (χ2v) is 2.08. The van der Waals surface area contributed by atoms with Crippen molar-refractivity contribution in [1.29, 1.82) is 0 Å². The zero-order valence-corrected chi connectivity index (χ0v) is 9.87. The largest absolute Gasteiger partial charge is 2.00 e. The van der Waals surface area contributed by atoms with E-state index in [9.17, 15) is 18.9 Å². The van der Waals surface area contributed by atoms with Gasteiger partial charge in [-0.05, 0) is 9.13 Å². The first-order valence-corrected chi connectivity index (χ1v) is 3.29. The van der Waals surface area contributed by atoms with E-state index >= 15 is 0 Å². The van der Waals surface area contributed by atoms with E-state index in [1.807, 2.05) is 0 Å². The summed E-state index contributed by atoms with van der Waals surface area (Å²) in [4.78, 5) is 18.5. The molecular weight excluding hydrogens is 279 g/mol. The third-order valence-corrected chi connectivity index (χ3v) is 1.20. The molecule has 0 N–H and O–H groups in total. The van der Waals surface area contributed by atoms with Crippen molar-refractivity contribution in [3.8, 4) is 0 Å². The second kappa shape index (κ2) is 6.77. The van der Waals surface area contributed by atoms with E-state index in [1.165, 1.54) is 0 Å². The zero-order valence-electron chi connectivity index (χ0n) is 3.64. The molecule has 2 unspecified atom stereocenters. The van der Waals surface area contributed by atoms with Gasteiger partial charge in [-0.15, -0.1) is 0 Å². The fourth-order valence-corrected chi connectivity index (χ4v) is 0.490. The van der Waals surface area contributed by atoms with Crippen molar-refractivity contribution in [3.05, 3.63) is 0 Å². The Balaban J connectivity index is 0. The minimum Gasteiger partial charge on any atom is -0.563 e. The van der Waals surface area contributed by atoms with E-state index < -0.39 is 16.5 Å². The van der Waals surface area contributed by atoms with Crippen LogP contribution < -0.4 is 9.79 Å². The zero-order chi connectivity index (χ0) is 5.86. The molecule has 0 aromatic carbocycles. The molecule has 0 heterocycles. The maximum atomic E-state index is 9.24. The second-order valence-electron chi connectivity index (χ2n) is 0.529. The van der Waals surface area contributed by atoms with Crippen molar-refractivity contribution in [1.82, 2.24) is 0 Å². The fraction of sp³-hybridized carbons (Fsp3) is 0. The summed E-state index contributed by atoms with van der Waals surface area (Å²) in [5.41, 5.74) is 0. The van der Waals surface area contributed by atoms with Crippen LogP contribution in [0.2, 0.25) is 0 Å². The van der Waals surface area contributed by atoms with Crippen molar-refractivity contribution in [2.75, 3.05) is 0 Å². The molecule has 0 aliphatic carbocycles. The molecule has 0 aromatic rings. The predicted molar refractivity (Wildman–Crippen MR) is 22.1 cm³/mol. The molecule has 0 saturated heterocycles. The van der Waals surface area contributed by atoms with E-state index in [0.717, 1.165) is 0 Å². The molecule has 0 amide bonds. The van der Waals surface area contributed by atoms with Gasteiger partial charge in [0.25, 0.3) is 0 Å². The SMILES string of the molecule is O=[P+]([O-])O[P+](=O)[O-].[Ba+2]. The van der Waals surface area contributed by atoms with Gasteiger partial charge in [0.2, 0.25) is 0 Å². The average molecular weight is 279 g/mol. The minimum atomic E-state index is -3.24. The summed E-state index contributed by atoms with van der Waals surface area (Å²) in [7, 11) is -6.47. The van der Waals surface area contributed by atoms with E-state index in [0.29, 0.717) is 0 Å². The summed E-state index contributed by atoms with van der Waals surface area (Å²) >= 11 is 0. The third-order valence-electron chi connectivity index (χ3n) is 0.133. The first kappa shape index (κ1) is 12.3. The Labute approximate surface area is 87.4 Å². The van der Waals surface area contributed by atoms with Crippen LogP contribution in [0.1, 0.15) is 0 Å². The maximum Gasteiger partial charge on any atom is 2.00 e. The van der Waals surface area contributed by atoms with Gasteiger partial charge in [-0.1, -0.05) is 0 Å². The molecule has 0 rings (SSSR count). The quantitative estimate of drug-likeness (QED) is 0.461. The summed E-state index contributed by atoms with van der Waals surface area (Å²) in [6.07, 6.45) is 0. The Morgan fingerprint density at radius 3 is 1.38 bits per heavy atom. The smallest absolute Gasteiger partial charge is 0.563 e. The van der Waals surface area contributed by atoms with E-state index in [2.05, 4.69) is 4.31 Å². The molecule has 0 aliphatic heterocycles. The van der Waals surface area contributed by atoms with Gasteiger partial charge in [-0.2, -0.15) is 0 Å². The van der Waals surface area contributed by atoms with E-state index in [1.54, 1.807) is 0 Å². The Morgan fingerprint density at radius 1 is 1.12 bits per heavy atom. The van der Waals surface area contributed by atoms with Crippen LogP contribution in [0.5, 0.6) is 0 Å². The number of rotatable bonds is 2. The summed E-state index contributed by atoms with van der Waals surface area (Å²) < 4.78 is 21.6. The van der Waals surface area contributed by atoms with Gasteiger partial charge in [0, 0.05) is 0 Å². The fourth-order valence-electron chi connectivity index (χ4n) is 0.0544. The summed E-state index contributed by atoms with van der Waals surface area (Å²) in [6.45, 7) is 0. The molecule has 0 spiro atoms. The van der Waals surface area contributed by atoms with Crippen molar-refractivity contribution in [3.63, 3.8) is 0 Å². The molecule has 0 saturated carbocycles. The van der Waals surface area contributed by atoms with Crippen molar-refractivity contribution >= 4 is 65.4 Å². The Bertz CT molecular complexity index is 86.6. The number of hydrogen-bond acceptors (Lipinski definition) is 5. The van der Waals surface area contributed by atoms with Gasteiger partial charge in [0.15, 0.2) is 0 Å². The molecule has 0 aromatic heterocycles. The van der Waals surface area contributed by atoms with Gasteiger partial charge >= 0.3 is 65.4 Å². The Kier molecular flexibility index (Phi) is 10.4. The van der Waals surface area contributed by atoms with Crippen LogP contribution in [0.4, 0.5) is 0 Å². The standard InChI is InChI=1S/Ba.O5P2/c;1-6(2)5-7(3)4/q+2;. The summed E-state index contributed by atoms with van der Waals surface area (Å²) in [5, 5.41) is 0. The van der Waals surface area contributed by atoms with Gasteiger partial charge < -0.3 is 9.79 Å². The monoisotopic (exact) mass is 280 g/mol. The van der Waals surface area contributed by atoms with Crippen LogP contribution in [0.15, 0.2) is 0 Å². The van der Waals surface area contributed by atoms with Crippen LogP contribution >= 0.6 is 16.5 Å². The third kappa shape index (κ3) is 10.6. The molecule has 8 heavy (non-hydrogen) atoms. The van der Waals surface area contributed by atoms with Crippen LogP contribution in [-0.2, 0) is 13.4 Å². The molecule has 0 bridgehead atoms. The maximum absolute atomic E-state index is 9.24. The first-order valence-electron chi connectivity index (χ1n) is 1.10. The normalized spacial score (nSPS) is 11.8. The molecule has 0 radical (unpaired) electrons. The summed E-state index contributed by atoms with van der Waals surface area (Å²) in [6, 6.07) is 0. The van der Waals surface area contributed by atoms with Crippen molar-refractivity contribution in [2.24, 2.45) is 0 Å². The topological polar surface area (TPSA) is 89.5 Å².